The molecule has 2 aromatic heterocycles. The fourth-order valence-electron chi connectivity index (χ4n) is 8.59. The van der Waals surface area contributed by atoms with Crippen LogP contribution in [0.4, 0.5) is 10.5 Å². The lowest BCUT2D eigenvalue weighted by atomic mass is 9.98. The SMILES string of the molecule is CC1CC(=O)N(CCC(=O)NCCC(=O)Nc2cc(COC(=O)NCc3c4c(nc5cc6c(cc35)OCO6)-c3cc5c(c(=O)n3C4)COC(=O)C5O)ccc2OC2OC(C(=O)O)C(C)OC2O)C1=O. The number of hydrogen-bond acceptors (Lipinski definition) is 18. The number of carboxylic acids is 1. The number of amides is 5. The minimum absolute atomic E-state index is 0.0215. The van der Waals surface area contributed by atoms with Gasteiger partial charge in [0.1, 0.15) is 19.0 Å². The van der Waals surface area contributed by atoms with Gasteiger partial charge in [0.05, 0.1) is 40.8 Å². The molecule has 0 aliphatic carbocycles. The first-order valence-electron chi connectivity index (χ1n) is 21.7. The number of rotatable bonds is 14. The van der Waals surface area contributed by atoms with Crippen LogP contribution in [0, 0.1) is 5.92 Å². The smallest absolute Gasteiger partial charge is 0.407 e. The molecule has 0 spiro atoms. The number of fused-ring (bicyclic) bond motifs is 6. The highest BCUT2D eigenvalue weighted by Crippen LogP contribution is 2.42. The molecule has 24 nitrogen and oxygen atoms in total. The van der Waals surface area contributed by atoms with E-state index in [0.29, 0.717) is 50.5 Å². The molecule has 6 unspecified atom stereocenters. The maximum absolute atomic E-state index is 13.7. The van der Waals surface area contributed by atoms with Gasteiger partial charge in [0.15, 0.2) is 23.7 Å². The lowest BCUT2D eigenvalue weighted by Crippen LogP contribution is -2.53. The highest BCUT2D eigenvalue weighted by atomic mass is 16.8. The molecule has 362 valence electrons. The number of aliphatic hydroxyl groups is 2. The van der Waals surface area contributed by atoms with Gasteiger partial charge >= 0.3 is 18.0 Å². The number of carbonyl (C=O) groups is 7. The fraction of sp³-hybridized carbons (Fsp3) is 0.400. The number of ether oxygens (including phenoxy) is 7. The second-order valence-electron chi connectivity index (χ2n) is 16.8. The monoisotopic (exact) mass is 956 g/mol. The molecule has 69 heavy (non-hydrogen) atoms. The average molecular weight is 957 g/mol. The highest BCUT2D eigenvalue weighted by Gasteiger charge is 2.42. The third kappa shape index (κ3) is 9.20. The molecular weight excluding hydrogens is 913 g/mol. The second kappa shape index (κ2) is 18.8. The first kappa shape index (κ1) is 46.4. The van der Waals surface area contributed by atoms with Gasteiger partial charge in [-0.1, -0.05) is 13.0 Å². The Kier molecular flexibility index (Phi) is 12.6. The third-order valence-corrected chi connectivity index (χ3v) is 12.2. The van der Waals surface area contributed by atoms with E-state index in [2.05, 4.69) is 16.0 Å². The summed E-state index contributed by atoms with van der Waals surface area (Å²) >= 11 is 0. The van der Waals surface area contributed by atoms with Crippen molar-refractivity contribution in [3.8, 4) is 28.6 Å². The Balaban J connectivity index is 0.897. The van der Waals surface area contributed by atoms with Crippen LogP contribution in [0.3, 0.4) is 0 Å². The van der Waals surface area contributed by atoms with Crippen LogP contribution in [-0.4, -0.2) is 116 Å². The number of carboxylic acid groups (broad SMARTS) is 1. The van der Waals surface area contributed by atoms with E-state index in [9.17, 15) is 53.7 Å². The summed E-state index contributed by atoms with van der Waals surface area (Å²) in [5.74, 6) is -3.80. The molecular formula is C45H44N6O18. The Bertz CT molecular complexity index is 2900. The van der Waals surface area contributed by atoms with Crippen molar-refractivity contribution >= 4 is 58.3 Å². The van der Waals surface area contributed by atoms with E-state index >= 15 is 0 Å². The number of likely N-dealkylation sites (tertiary alicyclic amines) is 1. The van der Waals surface area contributed by atoms with Gasteiger partial charge in [-0.15, -0.1) is 0 Å². The summed E-state index contributed by atoms with van der Waals surface area (Å²) in [4.78, 5) is 107. The molecule has 4 aromatic rings. The number of nitrogens with one attached hydrogen (secondary N) is 3. The van der Waals surface area contributed by atoms with Crippen LogP contribution < -0.4 is 35.7 Å². The Hall–Kier alpha value is -7.67. The molecule has 24 heteroatoms. The molecule has 2 aromatic carbocycles. The van der Waals surface area contributed by atoms with Gasteiger partial charge in [-0.3, -0.25) is 28.9 Å². The summed E-state index contributed by atoms with van der Waals surface area (Å²) in [6.07, 6.45) is -8.83. The van der Waals surface area contributed by atoms with Gasteiger partial charge in [0, 0.05) is 67.4 Å². The maximum atomic E-state index is 13.7. The second-order valence-corrected chi connectivity index (χ2v) is 16.8. The minimum Gasteiger partial charge on any atom is -0.479 e. The Morgan fingerprint density at radius 2 is 1.70 bits per heavy atom. The molecule has 2 fully saturated rings. The van der Waals surface area contributed by atoms with E-state index in [4.69, 9.17) is 38.1 Å². The predicted octanol–water partition coefficient (Wildman–Crippen LogP) is 0.812. The van der Waals surface area contributed by atoms with Crippen molar-refractivity contribution in [1.29, 1.82) is 0 Å². The van der Waals surface area contributed by atoms with E-state index in [1.807, 2.05) is 0 Å². The summed E-state index contributed by atoms with van der Waals surface area (Å²) in [5.41, 5.74) is 2.37. The van der Waals surface area contributed by atoms with Crippen LogP contribution in [0.25, 0.3) is 22.3 Å². The van der Waals surface area contributed by atoms with Crippen molar-refractivity contribution in [2.75, 3.05) is 25.2 Å². The number of esters is 1. The van der Waals surface area contributed by atoms with Crippen LogP contribution in [0.1, 0.15) is 67.0 Å². The number of nitrogens with zero attached hydrogens (tertiary/aromatic N) is 3. The molecule has 0 saturated carbocycles. The molecule has 6 N–H and O–H groups in total. The third-order valence-electron chi connectivity index (χ3n) is 12.2. The highest BCUT2D eigenvalue weighted by molar-refractivity contribution is 6.03. The lowest BCUT2D eigenvalue weighted by Gasteiger charge is -2.36. The van der Waals surface area contributed by atoms with E-state index < -0.39 is 72.2 Å². The number of imide groups is 1. The van der Waals surface area contributed by atoms with E-state index in [-0.39, 0.29) is 99.8 Å². The molecule has 5 aliphatic heterocycles. The molecule has 0 radical (unpaired) electrons. The number of alkyl carbamates (subject to hydrolysis) is 1. The van der Waals surface area contributed by atoms with Crippen molar-refractivity contribution in [2.45, 2.75) is 90.3 Å². The van der Waals surface area contributed by atoms with Gasteiger partial charge in [0.2, 0.25) is 36.7 Å². The largest absolute Gasteiger partial charge is 0.479 e. The van der Waals surface area contributed by atoms with E-state index in [1.54, 1.807) is 19.1 Å². The van der Waals surface area contributed by atoms with Gasteiger partial charge in [-0.2, -0.15) is 0 Å². The lowest BCUT2D eigenvalue weighted by molar-refractivity contribution is -0.322. The van der Waals surface area contributed by atoms with Crippen molar-refractivity contribution in [3.05, 3.63) is 74.6 Å². The summed E-state index contributed by atoms with van der Waals surface area (Å²) in [5, 5.41) is 39.3. The summed E-state index contributed by atoms with van der Waals surface area (Å²) in [6.45, 7) is 1.99. The molecule has 0 bridgehead atoms. The van der Waals surface area contributed by atoms with Gasteiger partial charge in [-0.25, -0.2) is 19.4 Å². The van der Waals surface area contributed by atoms with Crippen LogP contribution in [0.15, 0.2) is 41.2 Å². The van der Waals surface area contributed by atoms with Crippen molar-refractivity contribution in [2.24, 2.45) is 5.92 Å². The Morgan fingerprint density at radius 1 is 0.913 bits per heavy atom. The normalized spacial score (nSPS) is 22.1. The average Bonchev–Trinajstić information content (AvgIpc) is 3.99. The van der Waals surface area contributed by atoms with Crippen LogP contribution in [0.5, 0.6) is 17.2 Å². The number of pyridine rings is 2. The van der Waals surface area contributed by atoms with Gasteiger partial charge < -0.3 is 69.0 Å². The van der Waals surface area contributed by atoms with Crippen LogP contribution >= 0.6 is 0 Å². The number of hydrogen-bond donors (Lipinski definition) is 6. The first-order chi connectivity index (χ1) is 33.0. The number of aromatic nitrogens is 2. The Labute approximate surface area is 389 Å². The van der Waals surface area contributed by atoms with E-state index in [1.165, 1.54) is 35.8 Å². The number of anilines is 1. The zero-order valence-corrected chi connectivity index (χ0v) is 36.8. The van der Waals surface area contributed by atoms with Crippen molar-refractivity contribution in [1.82, 2.24) is 25.1 Å². The number of carbonyl (C=O) groups excluding carboxylic acids is 6. The summed E-state index contributed by atoms with van der Waals surface area (Å²) in [6, 6.07) is 9.13. The number of aliphatic carboxylic acids is 1. The zero-order valence-electron chi connectivity index (χ0n) is 36.8. The zero-order chi connectivity index (χ0) is 48.8. The van der Waals surface area contributed by atoms with Crippen molar-refractivity contribution in [3.63, 3.8) is 0 Å². The summed E-state index contributed by atoms with van der Waals surface area (Å²) < 4.78 is 39.8. The molecule has 6 atom stereocenters. The molecule has 7 heterocycles. The van der Waals surface area contributed by atoms with Crippen molar-refractivity contribution < 1.29 is 82.0 Å². The van der Waals surface area contributed by atoms with Gasteiger partial charge in [-0.05, 0) is 42.3 Å². The Morgan fingerprint density at radius 3 is 2.45 bits per heavy atom. The standard InChI is InChI=1S/C45H44N6O18/c1-19-9-35(54)50(39(19)56)8-6-33(52)46-7-5-34(53)48-28-10-21(3-4-30(28)68-44-43(61)67-20(2)38(69-44)41(58)59)16-64-45(62)47-14-24-22-12-31-32(66-18-65-31)13-27(22)49-36-25(24)15-51-29(36)11-23-26(40(51)57)17-63-42(60)37(23)55/h3-4,10-13,19-20,37-38,43-44,55,61H,5-9,14-18H2,1-2H3,(H,46,52)(H,47,62)(H,48,53)(H,58,59). The number of cyclic esters (lactones) is 1. The first-order valence-corrected chi connectivity index (χ1v) is 21.7. The topological polar surface area (TPSA) is 319 Å². The van der Waals surface area contributed by atoms with Crippen LogP contribution in [0.2, 0.25) is 0 Å². The molecule has 5 amide bonds. The minimum atomic E-state index is -1.73. The quantitative estimate of drug-likeness (QED) is 0.0663. The predicted molar refractivity (Wildman–Crippen MR) is 230 cm³/mol. The van der Waals surface area contributed by atoms with Crippen LogP contribution in [-0.2, 0) is 74.0 Å². The van der Waals surface area contributed by atoms with Gasteiger partial charge in [0.25, 0.3) is 11.8 Å². The van der Waals surface area contributed by atoms with E-state index in [0.717, 1.165) is 4.90 Å². The number of aliphatic hydroxyl groups excluding tert-OH is 2. The number of benzene rings is 2. The molecule has 2 saturated heterocycles. The molecule has 9 rings (SSSR count). The summed E-state index contributed by atoms with van der Waals surface area (Å²) in [7, 11) is 0. The maximum Gasteiger partial charge on any atom is 0.407 e. The molecule has 5 aliphatic rings. The fourth-order valence-corrected chi connectivity index (χ4v) is 8.59.